The van der Waals surface area contributed by atoms with E-state index in [-0.39, 0.29) is 30.7 Å². The standard InChI is InChI=1S/C16H23N3O.2ClH/c1-12-2-5-14(17)10-15(12)16(20)19-8-6-18(7-9-19)11-13-3-4-13;;/h2,5,10,13H,3-4,6-9,11,17H2,1H3;2*1H. The van der Waals surface area contributed by atoms with E-state index in [0.29, 0.717) is 5.69 Å². The maximum Gasteiger partial charge on any atom is 0.254 e. The minimum Gasteiger partial charge on any atom is -0.399 e. The third kappa shape index (κ3) is 4.51. The number of amides is 1. The lowest BCUT2D eigenvalue weighted by Crippen LogP contribution is -2.49. The van der Waals surface area contributed by atoms with Crippen molar-refractivity contribution >= 4 is 36.4 Å². The van der Waals surface area contributed by atoms with E-state index in [4.69, 9.17) is 5.73 Å². The van der Waals surface area contributed by atoms with Crippen molar-refractivity contribution in [2.24, 2.45) is 5.92 Å². The van der Waals surface area contributed by atoms with Gasteiger partial charge in [-0.15, -0.1) is 24.8 Å². The van der Waals surface area contributed by atoms with Crippen LogP contribution >= 0.6 is 24.8 Å². The fraction of sp³-hybridized carbons (Fsp3) is 0.562. The highest BCUT2D eigenvalue weighted by molar-refractivity contribution is 5.96. The van der Waals surface area contributed by atoms with E-state index < -0.39 is 0 Å². The quantitative estimate of drug-likeness (QED) is 0.856. The zero-order valence-electron chi connectivity index (χ0n) is 13.0. The first-order chi connectivity index (χ1) is 9.63. The van der Waals surface area contributed by atoms with Gasteiger partial charge in [-0.1, -0.05) is 6.07 Å². The Kier molecular flexibility index (Phi) is 6.98. The van der Waals surface area contributed by atoms with Crippen LogP contribution in [-0.4, -0.2) is 48.4 Å². The molecule has 0 bridgehead atoms. The second-order valence-corrected chi connectivity index (χ2v) is 6.11. The van der Waals surface area contributed by atoms with E-state index in [9.17, 15) is 4.79 Å². The summed E-state index contributed by atoms with van der Waals surface area (Å²) in [4.78, 5) is 17.0. The van der Waals surface area contributed by atoms with Gasteiger partial charge in [0.05, 0.1) is 0 Å². The first-order valence-corrected chi connectivity index (χ1v) is 7.51. The molecule has 1 amide bonds. The van der Waals surface area contributed by atoms with E-state index in [1.54, 1.807) is 6.07 Å². The number of hydrogen-bond donors (Lipinski definition) is 1. The summed E-state index contributed by atoms with van der Waals surface area (Å²) in [6.45, 7) is 6.86. The number of anilines is 1. The minimum absolute atomic E-state index is 0. The number of nitrogen functional groups attached to an aromatic ring is 1. The molecule has 1 aromatic carbocycles. The molecule has 0 radical (unpaired) electrons. The molecule has 1 aromatic rings. The van der Waals surface area contributed by atoms with Gasteiger partial charge in [-0.05, 0) is 43.4 Å². The van der Waals surface area contributed by atoms with E-state index in [1.165, 1.54) is 19.4 Å². The summed E-state index contributed by atoms with van der Waals surface area (Å²) in [5.41, 5.74) is 8.21. The number of halogens is 2. The van der Waals surface area contributed by atoms with Gasteiger partial charge < -0.3 is 10.6 Å². The maximum atomic E-state index is 12.6. The molecule has 4 nitrogen and oxygen atoms in total. The van der Waals surface area contributed by atoms with Crippen molar-refractivity contribution in [1.29, 1.82) is 0 Å². The lowest BCUT2D eigenvalue weighted by atomic mass is 10.1. The summed E-state index contributed by atoms with van der Waals surface area (Å²) >= 11 is 0. The number of nitrogens with two attached hydrogens (primary N) is 1. The van der Waals surface area contributed by atoms with Crippen molar-refractivity contribution in [3.63, 3.8) is 0 Å². The van der Waals surface area contributed by atoms with Crippen LogP contribution in [0.1, 0.15) is 28.8 Å². The van der Waals surface area contributed by atoms with Gasteiger partial charge in [-0.3, -0.25) is 9.69 Å². The molecule has 2 fully saturated rings. The Hall–Kier alpha value is -0.970. The topological polar surface area (TPSA) is 49.6 Å². The summed E-state index contributed by atoms with van der Waals surface area (Å²) in [7, 11) is 0. The molecule has 6 heteroatoms. The molecule has 0 atom stereocenters. The molecule has 3 rings (SSSR count). The Morgan fingerprint density at radius 3 is 2.41 bits per heavy atom. The van der Waals surface area contributed by atoms with Crippen molar-refractivity contribution in [1.82, 2.24) is 9.80 Å². The number of nitrogens with zero attached hydrogens (tertiary/aromatic N) is 2. The molecule has 1 heterocycles. The normalized spacial score (nSPS) is 18.3. The van der Waals surface area contributed by atoms with Gasteiger partial charge in [0.15, 0.2) is 0 Å². The van der Waals surface area contributed by atoms with Crippen molar-refractivity contribution < 1.29 is 4.79 Å². The molecule has 1 saturated carbocycles. The highest BCUT2D eigenvalue weighted by atomic mass is 35.5. The van der Waals surface area contributed by atoms with Gasteiger partial charge in [-0.25, -0.2) is 0 Å². The molecular weight excluding hydrogens is 321 g/mol. The summed E-state index contributed by atoms with van der Waals surface area (Å²) in [5.74, 6) is 1.05. The maximum absolute atomic E-state index is 12.6. The first-order valence-electron chi connectivity index (χ1n) is 7.51. The second kappa shape index (κ2) is 8.04. The molecule has 2 aliphatic rings. The van der Waals surface area contributed by atoms with Crippen LogP contribution in [0.15, 0.2) is 18.2 Å². The fourth-order valence-electron chi connectivity index (χ4n) is 2.84. The SMILES string of the molecule is Cc1ccc(N)cc1C(=O)N1CCN(CC2CC2)CC1.Cl.Cl. The number of benzene rings is 1. The van der Waals surface area contributed by atoms with Crippen molar-refractivity contribution in [2.75, 3.05) is 38.5 Å². The van der Waals surface area contributed by atoms with Gasteiger partial charge in [0.1, 0.15) is 0 Å². The predicted molar refractivity (Wildman–Crippen MR) is 95.2 cm³/mol. The smallest absolute Gasteiger partial charge is 0.254 e. The van der Waals surface area contributed by atoms with Gasteiger partial charge >= 0.3 is 0 Å². The monoisotopic (exact) mass is 345 g/mol. The number of carbonyl (C=O) groups is 1. The van der Waals surface area contributed by atoms with E-state index in [2.05, 4.69) is 4.90 Å². The van der Waals surface area contributed by atoms with Gasteiger partial charge in [0.2, 0.25) is 0 Å². The summed E-state index contributed by atoms with van der Waals surface area (Å²) in [5, 5.41) is 0. The lowest BCUT2D eigenvalue weighted by Gasteiger charge is -2.35. The van der Waals surface area contributed by atoms with Crippen LogP contribution in [0, 0.1) is 12.8 Å². The number of aryl methyl sites for hydroxylation is 1. The van der Waals surface area contributed by atoms with Crippen molar-refractivity contribution in [3.05, 3.63) is 29.3 Å². The molecule has 0 spiro atoms. The van der Waals surface area contributed by atoms with Crippen LogP contribution in [0.4, 0.5) is 5.69 Å². The summed E-state index contributed by atoms with van der Waals surface area (Å²) in [6, 6.07) is 5.57. The third-order valence-corrected chi connectivity index (χ3v) is 4.36. The Balaban J connectivity index is 0.00000121. The fourth-order valence-corrected chi connectivity index (χ4v) is 2.84. The zero-order chi connectivity index (χ0) is 14.1. The number of carbonyl (C=O) groups excluding carboxylic acids is 1. The number of rotatable bonds is 3. The van der Waals surface area contributed by atoms with Gasteiger partial charge in [0.25, 0.3) is 5.91 Å². The first kappa shape index (κ1) is 19.1. The molecule has 124 valence electrons. The third-order valence-electron chi connectivity index (χ3n) is 4.36. The van der Waals surface area contributed by atoms with Crippen LogP contribution in [0.25, 0.3) is 0 Å². The van der Waals surface area contributed by atoms with Crippen molar-refractivity contribution in [3.8, 4) is 0 Å². The average molecular weight is 346 g/mol. The summed E-state index contributed by atoms with van der Waals surface area (Å²) in [6.07, 6.45) is 2.78. The Morgan fingerprint density at radius 2 is 1.82 bits per heavy atom. The number of piperazine rings is 1. The van der Waals surface area contributed by atoms with Crippen LogP contribution in [0.2, 0.25) is 0 Å². The lowest BCUT2D eigenvalue weighted by molar-refractivity contribution is 0.0631. The molecule has 1 aliphatic heterocycles. The predicted octanol–water partition coefficient (Wildman–Crippen LogP) is 2.59. The largest absolute Gasteiger partial charge is 0.399 e. The van der Waals surface area contributed by atoms with E-state index in [1.807, 2.05) is 24.0 Å². The molecule has 22 heavy (non-hydrogen) atoms. The minimum atomic E-state index is 0. The van der Waals surface area contributed by atoms with Crippen LogP contribution in [-0.2, 0) is 0 Å². The Labute approximate surface area is 144 Å². The highest BCUT2D eigenvalue weighted by Crippen LogP contribution is 2.30. The molecule has 0 aromatic heterocycles. The highest BCUT2D eigenvalue weighted by Gasteiger charge is 2.28. The average Bonchev–Trinajstić information content (AvgIpc) is 3.26. The van der Waals surface area contributed by atoms with Crippen LogP contribution in [0.5, 0.6) is 0 Å². The van der Waals surface area contributed by atoms with Crippen molar-refractivity contribution in [2.45, 2.75) is 19.8 Å². The van der Waals surface area contributed by atoms with E-state index in [0.717, 1.165) is 43.2 Å². The van der Waals surface area contributed by atoms with Crippen LogP contribution < -0.4 is 5.73 Å². The van der Waals surface area contributed by atoms with Crippen LogP contribution in [0.3, 0.4) is 0 Å². The zero-order valence-corrected chi connectivity index (χ0v) is 14.6. The Bertz CT molecular complexity index is 512. The number of hydrogen-bond acceptors (Lipinski definition) is 3. The summed E-state index contributed by atoms with van der Waals surface area (Å²) < 4.78 is 0. The molecule has 2 N–H and O–H groups in total. The van der Waals surface area contributed by atoms with Gasteiger partial charge in [-0.2, -0.15) is 0 Å². The Morgan fingerprint density at radius 1 is 1.18 bits per heavy atom. The van der Waals surface area contributed by atoms with E-state index >= 15 is 0 Å². The molecule has 1 aliphatic carbocycles. The second-order valence-electron chi connectivity index (χ2n) is 6.11. The molecule has 1 saturated heterocycles. The molecular formula is C16H25Cl2N3O. The molecule has 0 unspecified atom stereocenters. The van der Waals surface area contributed by atoms with Gasteiger partial charge in [0, 0.05) is 44.0 Å².